The van der Waals surface area contributed by atoms with Crippen molar-refractivity contribution in [3.63, 3.8) is 0 Å². The van der Waals surface area contributed by atoms with Crippen molar-refractivity contribution in [3.05, 3.63) is 40.2 Å². The smallest absolute Gasteiger partial charge is 0.256 e. The van der Waals surface area contributed by atoms with Crippen LogP contribution in [0.25, 0.3) is 11.4 Å². The number of nitrogens with two attached hydrogens (primary N) is 2. The van der Waals surface area contributed by atoms with E-state index in [9.17, 15) is 4.79 Å². The van der Waals surface area contributed by atoms with Gasteiger partial charge in [0.05, 0.1) is 5.56 Å². The molecule has 1 aromatic heterocycles. The zero-order valence-electron chi connectivity index (χ0n) is 10.4. The maximum Gasteiger partial charge on any atom is 0.256 e. The first-order chi connectivity index (χ1) is 8.49. The Hall–Kier alpha value is -2.30. The zero-order chi connectivity index (χ0) is 13.3. The molecule has 1 heterocycles. The van der Waals surface area contributed by atoms with E-state index >= 15 is 0 Å². The molecule has 0 saturated heterocycles. The number of H-pyrrole nitrogens is 1. The van der Waals surface area contributed by atoms with Crippen LogP contribution in [0.2, 0.25) is 0 Å². The normalized spacial score (nSPS) is 10.8. The monoisotopic (exact) mass is 244 g/mol. The van der Waals surface area contributed by atoms with Crippen LogP contribution in [-0.4, -0.2) is 9.97 Å². The SMILES string of the molecule is CC(C)c1c(N)nc(-c2ccc(N)cc2)[nH]c1=O. The van der Waals surface area contributed by atoms with Gasteiger partial charge in [-0.15, -0.1) is 0 Å². The molecule has 2 rings (SSSR count). The summed E-state index contributed by atoms with van der Waals surface area (Å²) in [7, 11) is 0. The minimum atomic E-state index is -0.190. The summed E-state index contributed by atoms with van der Waals surface area (Å²) in [6.07, 6.45) is 0. The number of benzene rings is 1. The van der Waals surface area contributed by atoms with Gasteiger partial charge in [0, 0.05) is 11.3 Å². The molecule has 0 aliphatic carbocycles. The fourth-order valence-electron chi connectivity index (χ4n) is 1.84. The molecule has 0 radical (unpaired) electrons. The number of nitrogen functional groups attached to an aromatic ring is 2. The van der Waals surface area contributed by atoms with Crippen molar-refractivity contribution in [2.75, 3.05) is 11.5 Å². The lowest BCUT2D eigenvalue weighted by Crippen LogP contribution is -2.19. The number of aromatic amines is 1. The van der Waals surface area contributed by atoms with Gasteiger partial charge >= 0.3 is 0 Å². The summed E-state index contributed by atoms with van der Waals surface area (Å²) in [6, 6.07) is 7.09. The predicted octanol–water partition coefficient (Wildman–Crippen LogP) is 1.72. The van der Waals surface area contributed by atoms with Gasteiger partial charge in [-0.3, -0.25) is 4.79 Å². The Morgan fingerprint density at radius 1 is 1.17 bits per heavy atom. The molecule has 2 aromatic rings. The summed E-state index contributed by atoms with van der Waals surface area (Å²) in [6.45, 7) is 3.82. The minimum absolute atomic E-state index is 0.0433. The maximum atomic E-state index is 11.9. The predicted molar refractivity (Wildman–Crippen MR) is 73.2 cm³/mol. The molecule has 0 unspecified atom stereocenters. The Balaban J connectivity index is 2.55. The van der Waals surface area contributed by atoms with E-state index in [-0.39, 0.29) is 17.3 Å². The molecule has 5 nitrogen and oxygen atoms in total. The number of aromatic nitrogens is 2. The molecular weight excluding hydrogens is 228 g/mol. The van der Waals surface area contributed by atoms with Gasteiger partial charge in [0.25, 0.3) is 5.56 Å². The van der Waals surface area contributed by atoms with E-state index < -0.39 is 0 Å². The average molecular weight is 244 g/mol. The van der Waals surface area contributed by atoms with E-state index in [1.165, 1.54) is 0 Å². The first-order valence-corrected chi connectivity index (χ1v) is 5.74. The highest BCUT2D eigenvalue weighted by Crippen LogP contribution is 2.20. The summed E-state index contributed by atoms with van der Waals surface area (Å²) in [5.41, 5.74) is 13.2. The van der Waals surface area contributed by atoms with Crippen molar-refractivity contribution in [1.29, 1.82) is 0 Å². The highest BCUT2D eigenvalue weighted by atomic mass is 16.1. The quantitative estimate of drug-likeness (QED) is 0.700. The molecule has 0 saturated carbocycles. The zero-order valence-corrected chi connectivity index (χ0v) is 10.4. The molecule has 5 heteroatoms. The second kappa shape index (κ2) is 4.52. The molecule has 94 valence electrons. The number of hydrogen-bond acceptors (Lipinski definition) is 4. The van der Waals surface area contributed by atoms with Crippen LogP contribution in [0.3, 0.4) is 0 Å². The van der Waals surface area contributed by atoms with Gasteiger partial charge in [-0.05, 0) is 30.2 Å². The van der Waals surface area contributed by atoms with Crippen molar-refractivity contribution in [3.8, 4) is 11.4 Å². The number of hydrogen-bond donors (Lipinski definition) is 3. The van der Waals surface area contributed by atoms with E-state index in [1.54, 1.807) is 24.3 Å². The van der Waals surface area contributed by atoms with Gasteiger partial charge in [-0.2, -0.15) is 0 Å². The molecule has 0 aliphatic rings. The fourth-order valence-corrected chi connectivity index (χ4v) is 1.84. The van der Waals surface area contributed by atoms with Crippen LogP contribution in [0, 0.1) is 0 Å². The summed E-state index contributed by atoms with van der Waals surface area (Å²) in [4.78, 5) is 18.9. The van der Waals surface area contributed by atoms with Gasteiger partial charge in [0.1, 0.15) is 11.6 Å². The van der Waals surface area contributed by atoms with Crippen molar-refractivity contribution in [1.82, 2.24) is 9.97 Å². The van der Waals surface area contributed by atoms with Crippen molar-refractivity contribution in [2.45, 2.75) is 19.8 Å². The standard InChI is InChI=1S/C13H16N4O/c1-7(2)10-11(15)16-12(17-13(10)18)8-3-5-9(14)6-4-8/h3-7H,14H2,1-2H3,(H3,15,16,17,18). The lowest BCUT2D eigenvalue weighted by atomic mass is 10.1. The summed E-state index contributed by atoms with van der Waals surface area (Å²) in [5.74, 6) is 0.782. The number of anilines is 2. The summed E-state index contributed by atoms with van der Waals surface area (Å²) < 4.78 is 0. The van der Waals surface area contributed by atoms with Gasteiger partial charge < -0.3 is 16.5 Å². The molecule has 18 heavy (non-hydrogen) atoms. The number of nitrogens with zero attached hydrogens (tertiary/aromatic N) is 1. The third-order valence-electron chi connectivity index (χ3n) is 2.75. The largest absolute Gasteiger partial charge is 0.399 e. The van der Waals surface area contributed by atoms with Crippen molar-refractivity contribution < 1.29 is 0 Å². The van der Waals surface area contributed by atoms with E-state index in [0.717, 1.165) is 5.56 Å². The van der Waals surface area contributed by atoms with Gasteiger partial charge in [0.2, 0.25) is 0 Å². The van der Waals surface area contributed by atoms with Gasteiger partial charge in [0.15, 0.2) is 0 Å². The molecule has 0 amide bonds. The highest BCUT2D eigenvalue weighted by molar-refractivity contribution is 5.60. The Bertz CT molecular complexity index is 614. The molecule has 0 bridgehead atoms. The topological polar surface area (TPSA) is 97.8 Å². The van der Waals surface area contributed by atoms with Crippen LogP contribution in [-0.2, 0) is 0 Å². The average Bonchev–Trinajstić information content (AvgIpc) is 2.28. The summed E-state index contributed by atoms with van der Waals surface area (Å²) >= 11 is 0. The van der Waals surface area contributed by atoms with E-state index in [2.05, 4.69) is 9.97 Å². The van der Waals surface area contributed by atoms with E-state index in [4.69, 9.17) is 11.5 Å². The van der Waals surface area contributed by atoms with Crippen LogP contribution >= 0.6 is 0 Å². The van der Waals surface area contributed by atoms with Gasteiger partial charge in [-0.25, -0.2) is 4.98 Å². The minimum Gasteiger partial charge on any atom is -0.399 e. The van der Waals surface area contributed by atoms with Crippen molar-refractivity contribution in [2.24, 2.45) is 0 Å². The molecule has 1 aromatic carbocycles. The lowest BCUT2D eigenvalue weighted by molar-refractivity contribution is 0.837. The van der Waals surface area contributed by atoms with Gasteiger partial charge in [-0.1, -0.05) is 13.8 Å². The Morgan fingerprint density at radius 2 is 1.78 bits per heavy atom. The Morgan fingerprint density at radius 3 is 2.28 bits per heavy atom. The van der Waals surface area contributed by atoms with E-state index in [1.807, 2.05) is 13.8 Å². The van der Waals surface area contributed by atoms with Crippen LogP contribution in [0.5, 0.6) is 0 Å². The third kappa shape index (κ3) is 2.20. The third-order valence-corrected chi connectivity index (χ3v) is 2.75. The second-order valence-electron chi connectivity index (χ2n) is 4.49. The van der Waals surface area contributed by atoms with Crippen LogP contribution in [0.4, 0.5) is 11.5 Å². The number of rotatable bonds is 2. The van der Waals surface area contributed by atoms with Crippen LogP contribution in [0.15, 0.2) is 29.1 Å². The summed E-state index contributed by atoms with van der Waals surface area (Å²) in [5, 5.41) is 0. The molecule has 0 atom stereocenters. The van der Waals surface area contributed by atoms with E-state index in [0.29, 0.717) is 17.1 Å². The molecule has 0 spiro atoms. The van der Waals surface area contributed by atoms with Crippen molar-refractivity contribution >= 4 is 11.5 Å². The Labute approximate surface area is 105 Å². The first-order valence-electron chi connectivity index (χ1n) is 5.74. The Kier molecular flexibility index (Phi) is 3.06. The number of nitrogens with one attached hydrogen (secondary N) is 1. The second-order valence-corrected chi connectivity index (χ2v) is 4.49. The first kappa shape index (κ1) is 12.2. The van der Waals surface area contributed by atoms with Crippen LogP contribution < -0.4 is 17.0 Å². The molecule has 0 fully saturated rings. The molecule has 5 N–H and O–H groups in total. The fraction of sp³-hybridized carbons (Fsp3) is 0.231. The highest BCUT2D eigenvalue weighted by Gasteiger charge is 2.13. The molecule has 0 aliphatic heterocycles. The van der Waals surface area contributed by atoms with Crippen LogP contribution in [0.1, 0.15) is 25.3 Å². The maximum absolute atomic E-state index is 11.9. The molecular formula is C13H16N4O. The lowest BCUT2D eigenvalue weighted by Gasteiger charge is -2.09.